The predicted molar refractivity (Wildman–Crippen MR) is 182 cm³/mol. The molecule has 1 aliphatic heterocycles. The van der Waals surface area contributed by atoms with Crippen LogP contribution in [0.5, 0.6) is 11.5 Å². The predicted octanol–water partition coefficient (Wildman–Crippen LogP) is 5.85. The second-order valence-corrected chi connectivity index (χ2v) is 18.7. The number of halogens is 2. The van der Waals surface area contributed by atoms with Gasteiger partial charge in [-0.15, -0.1) is 0 Å². The molecule has 14 nitrogen and oxygen atoms in total. The number of carbonyl (C=O) groups is 1. The Bertz CT molecular complexity index is 1510. The zero-order valence-corrected chi connectivity index (χ0v) is 29.9. The summed E-state index contributed by atoms with van der Waals surface area (Å²) >= 11 is 13.4. The minimum atomic E-state index is -1.40. The molecule has 0 radical (unpaired) electrons. The van der Waals surface area contributed by atoms with Gasteiger partial charge >= 0.3 is 6.03 Å². The summed E-state index contributed by atoms with van der Waals surface area (Å²) in [5.74, 6) is 0.935. The molecule has 0 spiro atoms. The number of ether oxygens (including phenoxy) is 5. The van der Waals surface area contributed by atoms with Crippen molar-refractivity contribution in [1.82, 2.24) is 19.7 Å². The molecule has 2 aromatic heterocycles. The van der Waals surface area contributed by atoms with Gasteiger partial charge in [-0.25, -0.2) is 14.8 Å². The van der Waals surface area contributed by atoms with Crippen molar-refractivity contribution in [3.8, 4) is 11.5 Å². The molecule has 3 N–H and O–H groups in total. The highest BCUT2D eigenvalue weighted by molar-refractivity contribution is 6.76. The van der Waals surface area contributed by atoms with E-state index in [1.807, 2.05) is 13.8 Å². The first-order valence-corrected chi connectivity index (χ1v) is 19.1. The van der Waals surface area contributed by atoms with Gasteiger partial charge in [0.1, 0.15) is 52.3 Å². The van der Waals surface area contributed by atoms with Crippen LogP contribution in [0.2, 0.25) is 35.7 Å². The fourth-order valence-electron chi connectivity index (χ4n) is 4.55. The van der Waals surface area contributed by atoms with Gasteiger partial charge in [-0.1, -0.05) is 42.8 Å². The lowest BCUT2D eigenvalue weighted by Gasteiger charge is -2.30. The molecule has 1 saturated heterocycles. The summed E-state index contributed by atoms with van der Waals surface area (Å²) in [4.78, 5) is 25.4. The Balaban J connectivity index is 1.57. The van der Waals surface area contributed by atoms with Crippen LogP contribution >= 0.6 is 23.2 Å². The van der Waals surface area contributed by atoms with Gasteiger partial charge in [0.2, 0.25) is 0 Å². The third kappa shape index (κ3) is 8.71. The summed E-state index contributed by atoms with van der Waals surface area (Å²) in [6.07, 6.45) is 2.86. The van der Waals surface area contributed by atoms with Crippen LogP contribution in [0.15, 0.2) is 24.7 Å². The topological polar surface area (TPSA) is 151 Å². The van der Waals surface area contributed by atoms with Crippen molar-refractivity contribution >= 4 is 66.1 Å². The maximum atomic E-state index is 14.1. The number of carbonyl (C=O) groups excluding carboxylic acids is 1. The average Bonchev–Trinajstić information content (AvgIpc) is 3.52. The number of hydrogen-bond acceptors (Lipinski definition) is 11. The maximum absolute atomic E-state index is 14.1. The fourth-order valence-corrected chi connectivity index (χ4v) is 6.01. The van der Waals surface area contributed by atoms with Gasteiger partial charge in [0.05, 0.1) is 44.9 Å². The molecule has 1 fully saturated rings. The van der Waals surface area contributed by atoms with Gasteiger partial charge in [-0.05, 0) is 19.9 Å². The molecular weight excluding hydrogens is 655 g/mol. The average molecular weight is 698 g/mol. The van der Waals surface area contributed by atoms with E-state index in [2.05, 4.69) is 40.0 Å². The Morgan fingerprint density at radius 3 is 2.43 bits per heavy atom. The Labute approximate surface area is 280 Å². The summed E-state index contributed by atoms with van der Waals surface area (Å²) < 4.78 is 30.1. The number of methoxy groups -OCH3 is 2. The molecule has 0 aliphatic carbocycles. The van der Waals surface area contributed by atoms with Crippen LogP contribution in [0, 0.1) is 0 Å². The molecule has 1 atom stereocenters. The lowest BCUT2D eigenvalue weighted by molar-refractivity contribution is -0.139. The normalized spacial score (nSPS) is 15.9. The Kier molecular flexibility index (Phi) is 11.3. The molecule has 1 aliphatic rings. The van der Waals surface area contributed by atoms with Crippen molar-refractivity contribution in [2.75, 3.05) is 62.1 Å². The van der Waals surface area contributed by atoms with E-state index in [1.165, 1.54) is 30.3 Å². The molecule has 2 amide bonds. The van der Waals surface area contributed by atoms with Gasteiger partial charge in [-0.2, -0.15) is 5.10 Å². The van der Waals surface area contributed by atoms with Crippen molar-refractivity contribution < 1.29 is 28.5 Å². The van der Waals surface area contributed by atoms with Crippen molar-refractivity contribution in [2.24, 2.45) is 0 Å². The first kappa shape index (κ1) is 35.5. The molecule has 0 bridgehead atoms. The Morgan fingerprint density at radius 2 is 1.85 bits per heavy atom. The van der Waals surface area contributed by atoms with Crippen LogP contribution in [0.25, 0.3) is 0 Å². The van der Waals surface area contributed by atoms with Crippen LogP contribution in [0.1, 0.15) is 13.8 Å². The van der Waals surface area contributed by atoms with Crippen LogP contribution in [-0.2, 0) is 20.8 Å². The summed E-state index contributed by atoms with van der Waals surface area (Å²) in [6, 6.07) is 3.51. The van der Waals surface area contributed by atoms with E-state index in [4.69, 9.17) is 52.6 Å². The van der Waals surface area contributed by atoms with Crippen LogP contribution < -0.4 is 30.3 Å². The van der Waals surface area contributed by atoms with E-state index in [1.54, 1.807) is 30.1 Å². The highest BCUT2D eigenvalue weighted by Crippen LogP contribution is 2.46. The first-order chi connectivity index (χ1) is 21.6. The van der Waals surface area contributed by atoms with Crippen molar-refractivity contribution in [3.05, 3.63) is 34.7 Å². The Hall–Kier alpha value is -3.34. The molecule has 4 rings (SSSR count). The molecular formula is C29H42Cl2N8O6Si. The number of nitrogens with one attached hydrogen (secondary N) is 1. The summed E-state index contributed by atoms with van der Waals surface area (Å²) in [6.45, 7) is 11.7. The minimum Gasteiger partial charge on any atom is -0.495 e. The number of benzene rings is 1. The van der Waals surface area contributed by atoms with E-state index in [0.29, 0.717) is 37.1 Å². The molecule has 1 aromatic carbocycles. The quantitative estimate of drug-likeness (QED) is 0.126. The highest BCUT2D eigenvalue weighted by Gasteiger charge is 2.33. The molecule has 46 heavy (non-hydrogen) atoms. The summed E-state index contributed by atoms with van der Waals surface area (Å²) in [5.41, 5.74) is 6.82. The van der Waals surface area contributed by atoms with E-state index < -0.39 is 19.9 Å². The van der Waals surface area contributed by atoms with Gasteiger partial charge in [0.15, 0.2) is 11.6 Å². The molecule has 0 saturated carbocycles. The van der Waals surface area contributed by atoms with E-state index in [9.17, 15) is 4.79 Å². The number of hydrogen-bond donors (Lipinski definition) is 2. The standard InChI is InChI=1S/C29H42Cl2N8O6Si/c1-29(2)44-15-18(45-29)13-38-14-19(32)27(36-38)35-22-12-23(34-16-33-22)37(3)28(40)39(17-43-9-10-46(6,7)8)26-24(30)20(41-4)11-21(42-5)25(26)31/h11-12,14,16,18H,9-10,13,15,17,32H2,1-8H3,(H,33,34,35,36)/t18-/m1/s1. The van der Waals surface area contributed by atoms with Gasteiger partial charge in [0, 0.05) is 33.9 Å². The zero-order valence-electron chi connectivity index (χ0n) is 27.4. The molecule has 252 valence electrons. The second kappa shape index (κ2) is 14.6. The Morgan fingerprint density at radius 1 is 1.17 bits per heavy atom. The highest BCUT2D eigenvalue weighted by atomic mass is 35.5. The fraction of sp³-hybridized carbons (Fsp3) is 0.517. The lowest BCUT2D eigenvalue weighted by Crippen LogP contribution is -2.43. The van der Waals surface area contributed by atoms with E-state index in [0.717, 1.165) is 6.04 Å². The van der Waals surface area contributed by atoms with Crippen molar-refractivity contribution in [3.63, 3.8) is 0 Å². The number of urea groups is 1. The van der Waals surface area contributed by atoms with E-state index >= 15 is 0 Å². The minimum absolute atomic E-state index is 0.123. The van der Waals surface area contributed by atoms with Gasteiger partial charge in [0.25, 0.3) is 0 Å². The molecule has 3 heterocycles. The number of anilines is 5. The molecule has 17 heteroatoms. The van der Waals surface area contributed by atoms with Crippen LogP contribution in [0.4, 0.5) is 33.6 Å². The number of amides is 2. The largest absolute Gasteiger partial charge is 0.495 e. The summed E-state index contributed by atoms with van der Waals surface area (Å²) in [5, 5.41) is 7.89. The second-order valence-electron chi connectivity index (χ2n) is 12.4. The first-order valence-electron chi connectivity index (χ1n) is 14.6. The molecule has 0 unspecified atom stereocenters. The number of aromatic nitrogens is 4. The number of rotatable bonds is 13. The van der Waals surface area contributed by atoms with E-state index in [-0.39, 0.29) is 45.9 Å². The SMILES string of the molecule is COc1cc(OC)c(Cl)c(N(COCC[Si](C)(C)C)C(=O)N(C)c2cc(Nc3nn(C[C@@H]4COC(C)(C)O4)cc3N)ncn2)c1Cl. The number of nitrogens with zero attached hydrogens (tertiary/aromatic N) is 6. The number of nitrogens with two attached hydrogens (primary N) is 1. The van der Waals surface area contributed by atoms with Crippen LogP contribution in [-0.4, -0.2) is 87.0 Å². The smallest absolute Gasteiger partial charge is 0.331 e. The third-order valence-electron chi connectivity index (χ3n) is 7.05. The number of nitrogen functional groups attached to an aromatic ring is 1. The molecule has 3 aromatic rings. The maximum Gasteiger partial charge on any atom is 0.331 e. The van der Waals surface area contributed by atoms with Crippen molar-refractivity contribution in [2.45, 2.75) is 58.0 Å². The van der Waals surface area contributed by atoms with Gasteiger partial charge < -0.3 is 34.7 Å². The van der Waals surface area contributed by atoms with Crippen LogP contribution in [0.3, 0.4) is 0 Å². The zero-order chi connectivity index (χ0) is 33.8. The summed E-state index contributed by atoms with van der Waals surface area (Å²) in [7, 11) is 3.09. The lowest BCUT2D eigenvalue weighted by atomic mass is 10.2. The monoisotopic (exact) mass is 696 g/mol. The van der Waals surface area contributed by atoms with Crippen molar-refractivity contribution in [1.29, 1.82) is 0 Å². The third-order valence-corrected chi connectivity index (χ3v) is 9.48. The van der Waals surface area contributed by atoms with Gasteiger partial charge in [-0.3, -0.25) is 14.5 Å².